The zero-order valence-corrected chi connectivity index (χ0v) is 11.5. The van der Waals surface area contributed by atoms with E-state index in [2.05, 4.69) is 0 Å². The Labute approximate surface area is 118 Å². The SMILES string of the molecule is COc1ccc2c(c1)O[C@@H](COCC(O)CO)C[C@H]2N. The lowest BCUT2D eigenvalue weighted by Crippen LogP contribution is -2.34. The van der Waals surface area contributed by atoms with E-state index in [0.717, 1.165) is 5.56 Å². The van der Waals surface area contributed by atoms with Crippen LogP contribution in [0.15, 0.2) is 18.2 Å². The third-order valence-electron chi connectivity index (χ3n) is 3.26. The van der Waals surface area contributed by atoms with Crippen LogP contribution in [0.2, 0.25) is 0 Å². The maximum atomic E-state index is 9.21. The Balaban J connectivity index is 1.95. The standard InChI is InChI=1S/C14H21NO5/c1-18-10-2-3-12-13(15)4-11(20-14(12)5-10)8-19-7-9(17)6-16/h2-3,5,9,11,13,16-17H,4,6-8,15H2,1H3/t9?,11-,13-/m1/s1. The molecule has 0 saturated heterocycles. The summed E-state index contributed by atoms with van der Waals surface area (Å²) in [6.07, 6.45) is -0.385. The monoisotopic (exact) mass is 283 g/mol. The molecule has 6 heteroatoms. The average Bonchev–Trinajstić information content (AvgIpc) is 2.46. The molecule has 1 aromatic carbocycles. The number of nitrogens with two attached hydrogens (primary N) is 1. The minimum Gasteiger partial charge on any atom is -0.497 e. The molecule has 1 aromatic rings. The van der Waals surface area contributed by atoms with Crippen LogP contribution in [0.3, 0.4) is 0 Å². The van der Waals surface area contributed by atoms with Gasteiger partial charge >= 0.3 is 0 Å². The lowest BCUT2D eigenvalue weighted by atomic mass is 9.97. The van der Waals surface area contributed by atoms with Crippen molar-refractivity contribution in [2.24, 2.45) is 5.73 Å². The molecule has 0 aromatic heterocycles. The van der Waals surface area contributed by atoms with Crippen LogP contribution in [0.25, 0.3) is 0 Å². The Morgan fingerprint density at radius 3 is 3.00 bits per heavy atom. The van der Waals surface area contributed by atoms with Gasteiger partial charge in [0.05, 0.1) is 26.9 Å². The Morgan fingerprint density at radius 2 is 2.30 bits per heavy atom. The van der Waals surface area contributed by atoms with Crippen molar-refractivity contribution in [1.82, 2.24) is 0 Å². The van der Waals surface area contributed by atoms with Gasteiger partial charge in [0, 0.05) is 24.1 Å². The minimum atomic E-state index is -0.861. The molecular weight excluding hydrogens is 262 g/mol. The van der Waals surface area contributed by atoms with Gasteiger partial charge in [-0.15, -0.1) is 0 Å². The molecule has 1 aliphatic heterocycles. The smallest absolute Gasteiger partial charge is 0.128 e. The summed E-state index contributed by atoms with van der Waals surface area (Å²) in [4.78, 5) is 0. The van der Waals surface area contributed by atoms with Gasteiger partial charge in [0.2, 0.25) is 0 Å². The molecule has 0 spiro atoms. The first-order valence-electron chi connectivity index (χ1n) is 6.61. The van der Waals surface area contributed by atoms with E-state index in [0.29, 0.717) is 24.5 Å². The Bertz CT molecular complexity index is 440. The topological polar surface area (TPSA) is 94.2 Å². The zero-order chi connectivity index (χ0) is 14.5. The molecule has 2 rings (SSSR count). The van der Waals surface area contributed by atoms with Gasteiger partial charge in [-0.1, -0.05) is 6.07 Å². The van der Waals surface area contributed by atoms with E-state index in [-0.39, 0.29) is 25.4 Å². The summed E-state index contributed by atoms with van der Waals surface area (Å²) in [6.45, 7) is 0.0864. The molecule has 1 unspecified atom stereocenters. The molecule has 1 aliphatic rings. The maximum Gasteiger partial charge on any atom is 0.128 e. The summed E-state index contributed by atoms with van der Waals surface area (Å²) < 4.78 is 16.3. The van der Waals surface area contributed by atoms with Crippen molar-refractivity contribution in [3.63, 3.8) is 0 Å². The maximum absolute atomic E-state index is 9.21. The lowest BCUT2D eigenvalue weighted by Gasteiger charge is -2.30. The van der Waals surface area contributed by atoms with Crippen LogP contribution in [0, 0.1) is 0 Å². The Kier molecular flexibility index (Phi) is 5.19. The number of benzene rings is 1. The largest absolute Gasteiger partial charge is 0.497 e. The van der Waals surface area contributed by atoms with E-state index >= 15 is 0 Å². The summed E-state index contributed by atoms with van der Waals surface area (Å²) in [5, 5.41) is 17.9. The van der Waals surface area contributed by atoms with Gasteiger partial charge in [-0.3, -0.25) is 0 Å². The van der Waals surface area contributed by atoms with E-state index < -0.39 is 6.10 Å². The van der Waals surface area contributed by atoms with Crippen molar-refractivity contribution >= 4 is 0 Å². The summed E-state index contributed by atoms with van der Waals surface area (Å²) in [6, 6.07) is 5.47. The van der Waals surface area contributed by atoms with E-state index in [1.165, 1.54) is 0 Å². The second-order valence-corrected chi connectivity index (χ2v) is 4.86. The summed E-state index contributed by atoms with van der Waals surface area (Å²) >= 11 is 0. The summed E-state index contributed by atoms with van der Waals surface area (Å²) in [5.74, 6) is 1.42. The molecule has 0 amide bonds. The Morgan fingerprint density at radius 1 is 1.50 bits per heavy atom. The summed E-state index contributed by atoms with van der Waals surface area (Å²) in [5.41, 5.74) is 7.08. The fourth-order valence-electron chi connectivity index (χ4n) is 2.18. The van der Waals surface area contributed by atoms with E-state index in [9.17, 15) is 5.11 Å². The number of aliphatic hydroxyl groups excluding tert-OH is 2. The number of hydrogen-bond acceptors (Lipinski definition) is 6. The minimum absolute atomic E-state index is 0.0799. The molecule has 0 saturated carbocycles. The molecule has 0 radical (unpaired) electrons. The number of rotatable bonds is 6. The van der Waals surface area contributed by atoms with Crippen LogP contribution in [0.5, 0.6) is 11.5 Å². The van der Waals surface area contributed by atoms with Gasteiger partial charge in [-0.25, -0.2) is 0 Å². The predicted octanol–water partition coefficient (Wildman–Crippen LogP) is 0.216. The highest BCUT2D eigenvalue weighted by Gasteiger charge is 2.26. The third kappa shape index (κ3) is 3.61. The number of aliphatic hydroxyl groups is 2. The van der Waals surface area contributed by atoms with Crippen molar-refractivity contribution in [1.29, 1.82) is 0 Å². The zero-order valence-electron chi connectivity index (χ0n) is 11.5. The van der Waals surface area contributed by atoms with E-state index in [4.69, 9.17) is 25.1 Å². The molecule has 112 valence electrons. The molecule has 0 bridgehead atoms. The van der Waals surface area contributed by atoms with Gasteiger partial charge in [0.1, 0.15) is 23.7 Å². The molecule has 4 N–H and O–H groups in total. The van der Waals surface area contributed by atoms with Crippen molar-refractivity contribution in [2.75, 3.05) is 26.9 Å². The molecule has 0 aliphatic carbocycles. The van der Waals surface area contributed by atoms with Crippen molar-refractivity contribution in [3.05, 3.63) is 23.8 Å². The number of methoxy groups -OCH3 is 1. The lowest BCUT2D eigenvalue weighted by molar-refractivity contribution is -0.0241. The number of fused-ring (bicyclic) bond motifs is 1. The quantitative estimate of drug-likeness (QED) is 0.691. The first kappa shape index (κ1) is 15.1. The van der Waals surface area contributed by atoms with Crippen LogP contribution in [-0.4, -0.2) is 49.4 Å². The van der Waals surface area contributed by atoms with Crippen LogP contribution in [0.4, 0.5) is 0 Å². The highest BCUT2D eigenvalue weighted by Crippen LogP contribution is 2.35. The fourth-order valence-corrected chi connectivity index (χ4v) is 2.18. The fraction of sp³-hybridized carbons (Fsp3) is 0.571. The first-order chi connectivity index (χ1) is 9.63. The molecule has 0 fully saturated rings. The molecule has 1 heterocycles. The summed E-state index contributed by atoms with van der Waals surface area (Å²) in [7, 11) is 1.60. The van der Waals surface area contributed by atoms with Crippen LogP contribution < -0.4 is 15.2 Å². The normalized spacial score (nSPS) is 22.8. The van der Waals surface area contributed by atoms with Gasteiger partial charge < -0.3 is 30.2 Å². The van der Waals surface area contributed by atoms with Gasteiger partial charge in [-0.05, 0) is 6.07 Å². The van der Waals surface area contributed by atoms with E-state index in [1.807, 2.05) is 18.2 Å². The third-order valence-corrected chi connectivity index (χ3v) is 3.26. The van der Waals surface area contributed by atoms with Crippen LogP contribution >= 0.6 is 0 Å². The van der Waals surface area contributed by atoms with Crippen LogP contribution in [-0.2, 0) is 4.74 Å². The second-order valence-electron chi connectivity index (χ2n) is 4.86. The Hall–Kier alpha value is -1.34. The number of ether oxygens (including phenoxy) is 3. The van der Waals surface area contributed by atoms with Gasteiger partial charge in [0.25, 0.3) is 0 Å². The average molecular weight is 283 g/mol. The molecule has 20 heavy (non-hydrogen) atoms. The van der Waals surface area contributed by atoms with E-state index in [1.54, 1.807) is 7.11 Å². The predicted molar refractivity (Wildman–Crippen MR) is 72.9 cm³/mol. The highest BCUT2D eigenvalue weighted by molar-refractivity contribution is 5.43. The number of hydrogen-bond donors (Lipinski definition) is 3. The van der Waals surface area contributed by atoms with Gasteiger partial charge in [-0.2, -0.15) is 0 Å². The van der Waals surface area contributed by atoms with Crippen molar-refractivity contribution in [3.8, 4) is 11.5 Å². The van der Waals surface area contributed by atoms with Crippen LogP contribution in [0.1, 0.15) is 18.0 Å². The molecular formula is C14H21NO5. The first-order valence-corrected chi connectivity index (χ1v) is 6.61. The van der Waals surface area contributed by atoms with Crippen molar-refractivity contribution < 1.29 is 24.4 Å². The van der Waals surface area contributed by atoms with Crippen molar-refractivity contribution in [2.45, 2.75) is 24.7 Å². The molecule has 6 nitrogen and oxygen atoms in total. The molecule has 3 atom stereocenters. The second kappa shape index (κ2) is 6.90. The highest BCUT2D eigenvalue weighted by atomic mass is 16.5. The van der Waals surface area contributed by atoms with Gasteiger partial charge in [0.15, 0.2) is 0 Å².